The molecule has 1 rings (SSSR count). The van der Waals surface area contributed by atoms with Crippen LogP contribution in [-0.4, -0.2) is 41.5 Å². The van der Waals surface area contributed by atoms with Crippen LogP contribution in [0.3, 0.4) is 0 Å². The van der Waals surface area contributed by atoms with Crippen molar-refractivity contribution in [3.05, 3.63) is 16.5 Å². The zero-order valence-electron chi connectivity index (χ0n) is 13.7. The summed E-state index contributed by atoms with van der Waals surface area (Å²) in [6, 6.07) is 0.328. The molecule has 114 valence electrons. The van der Waals surface area contributed by atoms with Crippen molar-refractivity contribution in [2.45, 2.75) is 46.6 Å². The van der Waals surface area contributed by atoms with Gasteiger partial charge in [-0.15, -0.1) is 0 Å². The Morgan fingerprint density at radius 3 is 2.20 bits per heavy atom. The summed E-state index contributed by atoms with van der Waals surface area (Å²) in [5.74, 6) is 2.41. The zero-order valence-corrected chi connectivity index (χ0v) is 14.4. The lowest BCUT2D eigenvalue weighted by molar-refractivity contribution is 0.344. The van der Waals surface area contributed by atoms with Crippen molar-refractivity contribution in [3.63, 3.8) is 0 Å². The van der Waals surface area contributed by atoms with Crippen LogP contribution < -0.4 is 5.32 Å². The van der Waals surface area contributed by atoms with Gasteiger partial charge in [0.2, 0.25) is 0 Å². The smallest absolute Gasteiger partial charge is 0.137 e. The van der Waals surface area contributed by atoms with Gasteiger partial charge in [0.05, 0.1) is 0 Å². The second-order valence-electron chi connectivity index (χ2n) is 6.26. The molecular formula is C15H27ClN4. The number of aromatic nitrogens is 2. The molecule has 1 aromatic rings. The Balaban J connectivity index is 3.05. The molecule has 0 fully saturated rings. The number of hydrogen-bond acceptors (Lipinski definition) is 4. The summed E-state index contributed by atoms with van der Waals surface area (Å²) in [6.07, 6.45) is 0. The number of nitrogens with one attached hydrogen (secondary N) is 1. The summed E-state index contributed by atoms with van der Waals surface area (Å²) in [5.41, 5.74) is 0.917. The molecule has 1 aromatic heterocycles. The molecule has 0 aromatic carbocycles. The highest BCUT2D eigenvalue weighted by Crippen LogP contribution is 2.24. The first kappa shape index (κ1) is 17.2. The molecule has 1 N–H and O–H groups in total. The number of halogens is 1. The van der Waals surface area contributed by atoms with Crippen LogP contribution in [0.1, 0.15) is 45.0 Å². The molecule has 0 aliphatic rings. The Labute approximate surface area is 127 Å². The second-order valence-corrected chi connectivity index (χ2v) is 6.62. The van der Waals surface area contributed by atoms with Crippen LogP contribution in [0.2, 0.25) is 5.15 Å². The molecule has 1 unspecified atom stereocenters. The maximum atomic E-state index is 6.23. The maximum absolute atomic E-state index is 6.23. The standard InChI is InChI=1S/C15H27ClN4/c1-9(2)12(8-20(6)7)17-15-11(5)13(16)18-14(19-15)10(3)4/h9-10,12H,8H2,1-7H3,(H,17,18,19). The van der Waals surface area contributed by atoms with E-state index in [0.29, 0.717) is 17.1 Å². The molecule has 20 heavy (non-hydrogen) atoms. The Morgan fingerprint density at radius 2 is 1.75 bits per heavy atom. The Bertz CT molecular complexity index is 444. The molecule has 1 heterocycles. The average molecular weight is 299 g/mol. The largest absolute Gasteiger partial charge is 0.365 e. The molecule has 4 nitrogen and oxygen atoms in total. The molecule has 0 bridgehead atoms. The average Bonchev–Trinajstić information content (AvgIpc) is 2.32. The summed E-state index contributed by atoms with van der Waals surface area (Å²) in [5, 5.41) is 4.08. The van der Waals surface area contributed by atoms with Crippen LogP contribution in [0.15, 0.2) is 0 Å². The fourth-order valence-electron chi connectivity index (χ4n) is 1.90. The van der Waals surface area contributed by atoms with Gasteiger partial charge in [0.25, 0.3) is 0 Å². The highest BCUT2D eigenvalue weighted by Gasteiger charge is 2.18. The third-order valence-corrected chi connectivity index (χ3v) is 3.68. The van der Waals surface area contributed by atoms with Gasteiger partial charge in [-0.1, -0.05) is 39.3 Å². The first-order valence-corrected chi connectivity index (χ1v) is 7.55. The number of rotatable bonds is 6. The molecule has 0 saturated carbocycles. The van der Waals surface area contributed by atoms with Crippen LogP contribution in [0.5, 0.6) is 0 Å². The van der Waals surface area contributed by atoms with Gasteiger partial charge >= 0.3 is 0 Å². The van der Waals surface area contributed by atoms with Gasteiger partial charge in [0, 0.05) is 24.1 Å². The van der Waals surface area contributed by atoms with E-state index in [-0.39, 0.29) is 5.92 Å². The van der Waals surface area contributed by atoms with E-state index in [1.807, 2.05) is 6.92 Å². The Hall–Kier alpha value is -0.870. The predicted octanol–water partition coefficient (Wildman–Crippen LogP) is 3.56. The minimum absolute atomic E-state index is 0.264. The fourth-order valence-corrected chi connectivity index (χ4v) is 2.07. The van der Waals surface area contributed by atoms with Crippen LogP contribution in [0.4, 0.5) is 5.82 Å². The van der Waals surface area contributed by atoms with Gasteiger partial charge in [-0.05, 0) is 26.9 Å². The summed E-state index contributed by atoms with van der Waals surface area (Å²) >= 11 is 6.23. The van der Waals surface area contributed by atoms with E-state index in [4.69, 9.17) is 11.6 Å². The van der Waals surface area contributed by atoms with Crippen LogP contribution >= 0.6 is 11.6 Å². The van der Waals surface area contributed by atoms with Crippen molar-refractivity contribution in [1.82, 2.24) is 14.9 Å². The first-order valence-electron chi connectivity index (χ1n) is 7.17. The Morgan fingerprint density at radius 1 is 1.15 bits per heavy atom. The lowest BCUT2D eigenvalue weighted by Crippen LogP contribution is -2.37. The van der Waals surface area contributed by atoms with Gasteiger partial charge in [0.15, 0.2) is 0 Å². The van der Waals surface area contributed by atoms with Crippen LogP contribution in [0, 0.1) is 12.8 Å². The maximum Gasteiger partial charge on any atom is 0.137 e. The number of hydrogen-bond donors (Lipinski definition) is 1. The number of likely N-dealkylation sites (N-methyl/N-ethyl adjacent to an activating group) is 1. The molecular weight excluding hydrogens is 272 g/mol. The van der Waals surface area contributed by atoms with E-state index in [1.165, 1.54) is 0 Å². The van der Waals surface area contributed by atoms with Gasteiger partial charge in [-0.3, -0.25) is 0 Å². The van der Waals surface area contributed by atoms with E-state index in [1.54, 1.807) is 0 Å². The van der Waals surface area contributed by atoms with E-state index < -0.39 is 0 Å². The molecule has 0 radical (unpaired) electrons. The van der Waals surface area contributed by atoms with Crippen molar-refractivity contribution in [2.24, 2.45) is 5.92 Å². The highest BCUT2D eigenvalue weighted by molar-refractivity contribution is 6.30. The quantitative estimate of drug-likeness (QED) is 0.815. The topological polar surface area (TPSA) is 41.1 Å². The molecule has 0 aliphatic carbocycles. The van der Waals surface area contributed by atoms with Crippen molar-refractivity contribution < 1.29 is 0 Å². The Kier molecular flexibility index (Phi) is 6.21. The normalized spacial score (nSPS) is 13.3. The van der Waals surface area contributed by atoms with Gasteiger partial charge in [0.1, 0.15) is 16.8 Å². The molecule has 0 spiro atoms. The second kappa shape index (κ2) is 7.23. The van der Waals surface area contributed by atoms with Gasteiger partial charge in [-0.25, -0.2) is 9.97 Å². The van der Waals surface area contributed by atoms with Crippen molar-refractivity contribution in [3.8, 4) is 0 Å². The van der Waals surface area contributed by atoms with Crippen LogP contribution in [-0.2, 0) is 0 Å². The molecule has 5 heteroatoms. The molecule has 0 saturated heterocycles. The lowest BCUT2D eigenvalue weighted by atomic mass is 10.0. The summed E-state index contributed by atoms with van der Waals surface area (Å²) in [7, 11) is 4.16. The van der Waals surface area contributed by atoms with E-state index >= 15 is 0 Å². The number of nitrogens with zero attached hydrogens (tertiary/aromatic N) is 3. The van der Waals surface area contributed by atoms with E-state index in [2.05, 4.69) is 62.0 Å². The number of anilines is 1. The zero-order chi connectivity index (χ0) is 15.4. The lowest BCUT2D eigenvalue weighted by Gasteiger charge is -2.27. The van der Waals surface area contributed by atoms with Gasteiger partial charge in [-0.2, -0.15) is 0 Å². The molecule has 0 aliphatic heterocycles. The minimum atomic E-state index is 0.264. The minimum Gasteiger partial charge on any atom is -0.365 e. The van der Waals surface area contributed by atoms with E-state index in [9.17, 15) is 0 Å². The third-order valence-electron chi connectivity index (χ3n) is 3.31. The predicted molar refractivity (Wildman–Crippen MR) is 86.7 cm³/mol. The summed E-state index contributed by atoms with van der Waals surface area (Å²) in [6.45, 7) is 11.5. The van der Waals surface area contributed by atoms with Gasteiger partial charge < -0.3 is 10.2 Å². The van der Waals surface area contributed by atoms with Crippen LogP contribution in [0.25, 0.3) is 0 Å². The van der Waals surface area contributed by atoms with Crippen molar-refractivity contribution in [1.29, 1.82) is 0 Å². The molecule has 0 amide bonds. The highest BCUT2D eigenvalue weighted by atomic mass is 35.5. The third kappa shape index (κ3) is 4.60. The van der Waals surface area contributed by atoms with Crippen molar-refractivity contribution >= 4 is 17.4 Å². The SMILES string of the molecule is Cc1c(Cl)nc(C(C)C)nc1NC(CN(C)C)C(C)C. The summed E-state index contributed by atoms with van der Waals surface area (Å²) in [4.78, 5) is 11.2. The monoisotopic (exact) mass is 298 g/mol. The molecule has 1 atom stereocenters. The first-order chi connectivity index (χ1) is 9.22. The summed E-state index contributed by atoms with van der Waals surface area (Å²) < 4.78 is 0. The van der Waals surface area contributed by atoms with E-state index in [0.717, 1.165) is 23.8 Å². The fraction of sp³-hybridized carbons (Fsp3) is 0.733. The van der Waals surface area contributed by atoms with Crippen molar-refractivity contribution in [2.75, 3.05) is 26.0 Å².